The Hall–Kier alpha value is -0.960. The minimum atomic E-state index is -4.40. The fraction of sp³-hybridized carbons (Fsp3) is 0.769. The molecule has 0 heterocycles. The number of carbonyl (C=O) groups excluding carboxylic acids is 1. The molecule has 0 radical (unpaired) electrons. The summed E-state index contributed by atoms with van der Waals surface area (Å²) >= 11 is 0. The van der Waals surface area contributed by atoms with Crippen LogP contribution in [0.1, 0.15) is 47.5 Å². The van der Waals surface area contributed by atoms with Gasteiger partial charge in [-0.2, -0.15) is 8.42 Å². The van der Waals surface area contributed by atoms with Crippen LogP contribution in [0, 0.1) is 0 Å². The second-order valence-corrected chi connectivity index (χ2v) is 8.05. The number of carbonyl (C=O) groups is 1. The third-order valence-electron chi connectivity index (χ3n) is 3.23. The number of nitrogens with two attached hydrogens (primary N) is 1. The van der Waals surface area contributed by atoms with E-state index in [1.807, 2.05) is 0 Å². The summed E-state index contributed by atoms with van der Waals surface area (Å²) in [4.78, 5) is 11.7. The molecule has 2 unspecified atom stereocenters. The summed E-state index contributed by atoms with van der Waals surface area (Å²) < 4.78 is 31.6. The zero-order chi connectivity index (χ0) is 16.4. The normalized spacial score (nSPS) is 16.3. The maximum absolute atomic E-state index is 11.8. The quantitative estimate of drug-likeness (QED) is 0.459. The van der Waals surface area contributed by atoms with Crippen molar-refractivity contribution in [2.75, 3.05) is 0 Å². The number of nitrogens with one attached hydrogen (secondary N) is 1. The SMILES string of the molecule is C=C(C)C(=O)NC(CC)C(C)(CC(C)(C)N)S(=O)(=O)O.O. The maximum atomic E-state index is 11.8. The van der Waals surface area contributed by atoms with Crippen LogP contribution in [0.3, 0.4) is 0 Å². The van der Waals surface area contributed by atoms with Crippen molar-refractivity contribution in [2.24, 2.45) is 5.73 Å². The molecule has 0 aromatic carbocycles. The molecule has 7 nitrogen and oxygen atoms in total. The molecule has 8 heteroatoms. The van der Waals surface area contributed by atoms with Gasteiger partial charge in [-0.15, -0.1) is 0 Å². The molecular formula is C13H28N2O5S. The molecule has 0 aliphatic carbocycles. The Morgan fingerprint density at radius 3 is 2.05 bits per heavy atom. The van der Waals surface area contributed by atoms with Gasteiger partial charge in [-0.1, -0.05) is 13.5 Å². The molecule has 0 fully saturated rings. The molecule has 21 heavy (non-hydrogen) atoms. The monoisotopic (exact) mass is 324 g/mol. The molecule has 0 spiro atoms. The van der Waals surface area contributed by atoms with Gasteiger partial charge < -0.3 is 16.5 Å². The molecule has 1 amide bonds. The average molecular weight is 324 g/mol. The van der Waals surface area contributed by atoms with Crippen molar-refractivity contribution >= 4 is 16.0 Å². The topological polar surface area (TPSA) is 141 Å². The fourth-order valence-corrected chi connectivity index (χ4v) is 3.41. The lowest BCUT2D eigenvalue weighted by Crippen LogP contribution is -2.58. The minimum Gasteiger partial charge on any atom is -0.412 e. The molecule has 126 valence electrons. The van der Waals surface area contributed by atoms with Gasteiger partial charge in [-0.25, -0.2) is 0 Å². The van der Waals surface area contributed by atoms with Crippen LogP contribution in [0.15, 0.2) is 12.2 Å². The van der Waals surface area contributed by atoms with Crippen molar-refractivity contribution in [3.05, 3.63) is 12.2 Å². The third kappa shape index (κ3) is 6.13. The molecule has 0 aliphatic heterocycles. The average Bonchev–Trinajstić information content (AvgIpc) is 2.20. The summed E-state index contributed by atoms with van der Waals surface area (Å²) in [6, 6.07) is -0.760. The zero-order valence-electron chi connectivity index (χ0n) is 13.4. The van der Waals surface area contributed by atoms with Gasteiger partial charge in [0.25, 0.3) is 10.1 Å². The molecule has 0 aromatic heterocycles. The molecule has 0 aromatic rings. The molecule has 0 bridgehead atoms. The third-order valence-corrected chi connectivity index (χ3v) is 4.84. The fourth-order valence-electron chi connectivity index (χ4n) is 2.27. The van der Waals surface area contributed by atoms with Gasteiger partial charge in [0.2, 0.25) is 5.91 Å². The molecule has 6 N–H and O–H groups in total. The van der Waals surface area contributed by atoms with E-state index >= 15 is 0 Å². The van der Waals surface area contributed by atoms with E-state index in [9.17, 15) is 17.8 Å². The highest BCUT2D eigenvalue weighted by Gasteiger charge is 2.47. The largest absolute Gasteiger partial charge is 0.412 e. The van der Waals surface area contributed by atoms with Crippen LogP contribution in [0.25, 0.3) is 0 Å². The molecule has 0 saturated carbocycles. The van der Waals surface area contributed by atoms with Crippen molar-refractivity contribution in [3.8, 4) is 0 Å². The van der Waals surface area contributed by atoms with Crippen molar-refractivity contribution in [1.82, 2.24) is 5.32 Å². The lowest BCUT2D eigenvalue weighted by atomic mass is 9.85. The predicted octanol–water partition coefficient (Wildman–Crippen LogP) is 0.407. The van der Waals surface area contributed by atoms with E-state index in [0.717, 1.165) is 0 Å². The van der Waals surface area contributed by atoms with E-state index < -0.39 is 32.4 Å². The van der Waals surface area contributed by atoms with Crippen molar-refractivity contribution < 1.29 is 23.2 Å². The second-order valence-electron chi connectivity index (χ2n) is 6.17. The van der Waals surface area contributed by atoms with E-state index in [0.29, 0.717) is 6.42 Å². The van der Waals surface area contributed by atoms with Gasteiger partial charge in [-0.3, -0.25) is 9.35 Å². The summed E-state index contributed by atoms with van der Waals surface area (Å²) in [6.45, 7) is 11.5. The number of amides is 1. The molecule has 0 saturated heterocycles. The summed E-state index contributed by atoms with van der Waals surface area (Å²) in [5.41, 5.74) is 5.35. The van der Waals surface area contributed by atoms with Gasteiger partial charge in [0.1, 0.15) is 4.75 Å². The zero-order valence-corrected chi connectivity index (χ0v) is 14.2. The van der Waals surface area contributed by atoms with Crippen LogP contribution in [0.5, 0.6) is 0 Å². The van der Waals surface area contributed by atoms with Crippen LogP contribution in [-0.4, -0.2) is 40.7 Å². The number of rotatable bonds is 7. The van der Waals surface area contributed by atoms with Crippen molar-refractivity contribution in [2.45, 2.75) is 63.8 Å². The Balaban J connectivity index is 0. The first-order valence-electron chi connectivity index (χ1n) is 6.47. The molecule has 0 aliphatic rings. The number of hydrogen-bond acceptors (Lipinski definition) is 4. The Kier molecular flexibility index (Phi) is 7.81. The smallest absolute Gasteiger partial charge is 0.272 e. The lowest BCUT2D eigenvalue weighted by molar-refractivity contribution is -0.118. The standard InChI is InChI=1S/C13H26N2O4S.H2O/c1-7-10(15-11(16)9(2)3)13(6,20(17,18)19)8-12(4,5)14;/h10H,2,7-8,14H2,1,3-6H3,(H,15,16)(H,17,18,19);1H2. The Morgan fingerprint density at radius 2 is 1.81 bits per heavy atom. The van der Waals surface area contributed by atoms with Crippen LogP contribution in [0.2, 0.25) is 0 Å². The van der Waals surface area contributed by atoms with E-state index in [1.165, 1.54) is 13.8 Å². The highest BCUT2D eigenvalue weighted by Crippen LogP contribution is 2.31. The summed E-state index contributed by atoms with van der Waals surface area (Å²) in [6.07, 6.45) is 0.346. The van der Waals surface area contributed by atoms with Crippen molar-refractivity contribution in [1.29, 1.82) is 0 Å². The Labute approximate surface area is 127 Å². The maximum Gasteiger partial charge on any atom is 0.272 e. The van der Waals surface area contributed by atoms with E-state index in [-0.39, 0.29) is 17.5 Å². The van der Waals surface area contributed by atoms with Crippen LogP contribution >= 0.6 is 0 Å². The van der Waals surface area contributed by atoms with E-state index in [4.69, 9.17) is 5.73 Å². The summed E-state index contributed by atoms with van der Waals surface area (Å²) in [5.74, 6) is -0.443. The number of hydrogen-bond donors (Lipinski definition) is 3. The molecule has 0 rings (SSSR count). The van der Waals surface area contributed by atoms with Gasteiger partial charge in [0, 0.05) is 11.1 Å². The lowest BCUT2D eigenvalue weighted by Gasteiger charge is -2.39. The van der Waals surface area contributed by atoms with Gasteiger partial charge >= 0.3 is 0 Å². The Morgan fingerprint density at radius 1 is 1.38 bits per heavy atom. The van der Waals surface area contributed by atoms with Crippen LogP contribution < -0.4 is 11.1 Å². The minimum absolute atomic E-state index is 0. The first kappa shape index (κ1) is 22.3. The van der Waals surface area contributed by atoms with E-state index in [1.54, 1.807) is 20.8 Å². The van der Waals surface area contributed by atoms with Crippen LogP contribution in [-0.2, 0) is 14.9 Å². The van der Waals surface area contributed by atoms with Gasteiger partial charge in [0.15, 0.2) is 0 Å². The summed E-state index contributed by atoms with van der Waals surface area (Å²) in [5, 5.41) is 2.60. The highest BCUT2D eigenvalue weighted by molar-refractivity contribution is 7.87. The molecule has 2 atom stereocenters. The van der Waals surface area contributed by atoms with E-state index in [2.05, 4.69) is 11.9 Å². The molecular weight excluding hydrogens is 296 g/mol. The van der Waals surface area contributed by atoms with Crippen LogP contribution in [0.4, 0.5) is 0 Å². The first-order chi connectivity index (χ1) is 8.74. The second kappa shape index (κ2) is 7.35. The Bertz CT molecular complexity index is 481. The van der Waals surface area contributed by atoms with Gasteiger partial charge in [0.05, 0.1) is 6.04 Å². The van der Waals surface area contributed by atoms with Crippen molar-refractivity contribution in [3.63, 3.8) is 0 Å². The first-order valence-corrected chi connectivity index (χ1v) is 7.91. The predicted molar refractivity (Wildman–Crippen MR) is 83.5 cm³/mol. The summed E-state index contributed by atoms with van der Waals surface area (Å²) in [7, 11) is -4.40. The van der Waals surface area contributed by atoms with Gasteiger partial charge in [-0.05, 0) is 40.5 Å². The highest BCUT2D eigenvalue weighted by atomic mass is 32.2.